The van der Waals surface area contributed by atoms with Crippen molar-refractivity contribution in [3.05, 3.63) is 46.2 Å². The van der Waals surface area contributed by atoms with Crippen molar-refractivity contribution in [2.45, 2.75) is 20.3 Å². The van der Waals surface area contributed by atoms with E-state index in [2.05, 4.69) is 9.97 Å². The first kappa shape index (κ1) is 13.5. The molecule has 0 aliphatic heterocycles. The second-order valence-corrected chi connectivity index (χ2v) is 4.65. The van der Waals surface area contributed by atoms with E-state index in [0.717, 1.165) is 5.56 Å². The number of hydrogen-bond donors (Lipinski definition) is 1. The van der Waals surface area contributed by atoms with E-state index in [9.17, 15) is 4.79 Å². The Morgan fingerprint density at radius 3 is 2.32 bits per heavy atom. The van der Waals surface area contributed by atoms with E-state index in [1.54, 1.807) is 19.9 Å². The van der Waals surface area contributed by atoms with Crippen LogP contribution in [0, 0.1) is 13.8 Å². The van der Waals surface area contributed by atoms with E-state index >= 15 is 0 Å². The molecular formula is C14H13ClN2O2. The number of benzene rings is 1. The molecule has 2 aromatic rings. The van der Waals surface area contributed by atoms with Crippen molar-refractivity contribution >= 4 is 17.6 Å². The van der Waals surface area contributed by atoms with Gasteiger partial charge in [-0.1, -0.05) is 23.7 Å². The highest BCUT2D eigenvalue weighted by Gasteiger charge is 2.13. The van der Waals surface area contributed by atoms with Gasteiger partial charge in [-0.05, 0) is 26.0 Å². The summed E-state index contributed by atoms with van der Waals surface area (Å²) in [6.07, 6.45) is -0.0690. The minimum Gasteiger partial charge on any atom is -0.481 e. The van der Waals surface area contributed by atoms with Crippen molar-refractivity contribution in [2.75, 3.05) is 0 Å². The van der Waals surface area contributed by atoms with Gasteiger partial charge in [-0.25, -0.2) is 9.97 Å². The fourth-order valence-electron chi connectivity index (χ4n) is 1.91. The lowest BCUT2D eigenvalue weighted by molar-refractivity contribution is -0.136. The Morgan fingerprint density at radius 1 is 1.21 bits per heavy atom. The normalized spacial score (nSPS) is 10.5. The summed E-state index contributed by atoms with van der Waals surface area (Å²) in [5.74, 6) is -0.366. The van der Waals surface area contributed by atoms with E-state index < -0.39 is 5.97 Å². The molecule has 4 nitrogen and oxygen atoms in total. The van der Waals surface area contributed by atoms with Gasteiger partial charge in [0.25, 0.3) is 0 Å². The van der Waals surface area contributed by atoms with Crippen LogP contribution >= 0.6 is 11.6 Å². The van der Waals surface area contributed by atoms with Crippen LogP contribution in [0.4, 0.5) is 0 Å². The predicted octanol–water partition coefficient (Wildman–Crippen LogP) is 3.04. The van der Waals surface area contributed by atoms with Crippen LogP contribution in [0.25, 0.3) is 11.4 Å². The standard InChI is InChI=1S/C14H13ClN2O2/c1-8-11(7-13(18)19)9(2)17-14(16-8)10-5-3-4-6-12(10)15/h3-6H,7H2,1-2H3,(H,18,19). The van der Waals surface area contributed by atoms with E-state index in [4.69, 9.17) is 16.7 Å². The lowest BCUT2D eigenvalue weighted by atomic mass is 10.1. The Morgan fingerprint density at radius 2 is 1.79 bits per heavy atom. The molecule has 1 heterocycles. The van der Waals surface area contributed by atoms with Crippen molar-refractivity contribution in [1.29, 1.82) is 0 Å². The molecule has 0 unspecified atom stereocenters. The topological polar surface area (TPSA) is 63.1 Å². The fraction of sp³-hybridized carbons (Fsp3) is 0.214. The second-order valence-electron chi connectivity index (χ2n) is 4.25. The van der Waals surface area contributed by atoms with E-state index in [1.165, 1.54) is 0 Å². The summed E-state index contributed by atoms with van der Waals surface area (Å²) in [5, 5.41) is 9.45. The molecule has 2 rings (SSSR count). The smallest absolute Gasteiger partial charge is 0.307 e. The maximum Gasteiger partial charge on any atom is 0.307 e. The molecule has 0 saturated heterocycles. The molecule has 0 aliphatic rings. The highest BCUT2D eigenvalue weighted by molar-refractivity contribution is 6.33. The predicted molar refractivity (Wildman–Crippen MR) is 73.3 cm³/mol. The number of halogens is 1. The van der Waals surface area contributed by atoms with Gasteiger partial charge < -0.3 is 5.11 Å². The van der Waals surface area contributed by atoms with Crippen LogP contribution < -0.4 is 0 Å². The third-order valence-corrected chi connectivity index (χ3v) is 3.19. The molecule has 5 heteroatoms. The average Bonchev–Trinajstić information content (AvgIpc) is 2.34. The molecule has 0 bridgehead atoms. The van der Waals surface area contributed by atoms with Gasteiger partial charge in [0.2, 0.25) is 0 Å². The molecule has 1 aromatic carbocycles. The lowest BCUT2D eigenvalue weighted by Crippen LogP contribution is -2.08. The number of carboxylic acid groups (broad SMARTS) is 1. The molecule has 1 aromatic heterocycles. The van der Waals surface area contributed by atoms with Crippen LogP contribution in [0.15, 0.2) is 24.3 Å². The lowest BCUT2D eigenvalue weighted by Gasteiger charge is -2.10. The first-order valence-corrected chi connectivity index (χ1v) is 6.17. The van der Waals surface area contributed by atoms with Gasteiger partial charge in [-0.2, -0.15) is 0 Å². The van der Waals surface area contributed by atoms with Crippen LogP contribution in [0.2, 0.25) is 5.02 Å². The fourth-order valence-corrected chi connectivity index (χ4v) is 2.13. The molecule has 0 atom stereocenters. The molecule has 1 N–H and O–H groups in total. The minimum absolute atomic E-state index is 0.0690. The number of carboxylic acids is 1. The number of hydrogen-bond acceptors (Lipinski definition) is 3. The third-order valence-electron chi connectivity index (χ3n) is 2.86. The van der Waals surface area contributed by atoms with Crippen molar-refractivity contribution < 1.29 is 9.90 Å². The maximum atomic E-state index is 10.8. The van der Waals surface area contributed by atoms with E-state index in [-0.39, 0.29) is 6.42 Å². The van der Waals surface area contributed by atoms with Gasteiger partial charge in [0.15, 0.2) is 5.82 Å². The van der Waals surface area contributed by atoms with Gasteiger partial charge in [-0.3, -0.25) is 4.79 Å². The van der Waals surface area contributed by atoms with Gasteiger partial charge in [0.05, 0.1) is 11.4 Å². The Bertz CT molecular complexity index is 618. The highest BCUT2D eigenvalue weighted by Crippen LogP contribution is 2.26. The number of carbonyl (C=O) groups is 1. The average molecular weight is 277 g/mol. The van der Waals surface area contributed by atoms with Crippen LogP contribution in [-0.4, -0.2) is 21.0 Å². The van der Waals surface area contributed by atoms with Gasteiger partial charge in [-0.15, -0.1) is 0 Å². The zero-order chi connectivity index (χ0) is 14.0. The largest absolute Gasteiger partial charge is 0.481 e. The summed E-state index contributed by atoms with van der Waals surface area (Å²) < 4.78 is 0. The quantitative estimate of drug-likeness (QED) is 0.936. The van der Waals surface area contributed by atoms with Gasteiger partial charge in [0.1, 0.15) is 0 Å². The summed E-state index contributed by atoms with van der Waals surface area (Å²) in [4.78, 5) is 19.5. The first-order valence-electron chi connectivity index (χ1n) is 5.80. The Labute approximate surface area is 116 Å². The van der Waals surface area contributed by atoms with Crippen LogP contribution in [-0.2, 0) is 11.2 Å². The molecule has 19 heavy (non-hydrogen) atoms. The maximum absolute atomic E-state index is 10.8. The third kappa shape index (κ3) is 2.90. The first-order chi connectivity index (χ1) is 8.99. The number of rotatable bonds is 3. The number of aliphatic carboxylic acids is 1. The molecule has 98 valence electrons. The summed E-state index contributed by atoms with van der Waals surface area (Å²) in [6.45, 7) is 3.57. The Kier molecular flexibility index (Phi) is 3.81. The number of aryl methyl sites for hydroxylation is 2. The SMILES string of the molecule is Cc1nc(-c2ccccc2Cl)nc(C)c1CC(=O)O. The zero-order valence-corrected chi connectivity index (χ0v) is 11.4. The van der Waals surface area contributed by atoms with Gasteiger partial charge in [0, 0.05) is 22.5 Å². The zero-order valence-electron chi connectivity index (χ0n) is 10.6. The molecule has 0 aliphatic carbocycles. The monoisotopic (exact) mass is 276 g/mol. The Hall–Kier alpha value is -1.94. The molecule has 0 saturated carbocycles. The minimum atomic E-state index is -0.889. The van der Waals surface area contributed by atoms with Crippen molar-refractivity contribution in [1.82, 2.24) is 9.97 Å². The van der Waals surface area contributed by atoms with Crippen molar-refractivity contribution in [3.8, 4) is 11.4 Å². The van der Waals surface area contributed by atoms with Crippen LogP contribution in [0.3, 0.4) is 0 Å². The molecule has 0 radical (unpaired) electrons. The summed E-state index contributed by atoms with van der Waals surface area (Å²) in [7, 11) is 0. The highest BCUT2D eigenvalue weighted by atomic mass is 35.5. The Balaban J connectivity index is 2.51. The van der Waals surface area contributed by atoms with Crippen LogP contribution in [0.1, 0.15) is 17.0 Å². The van der Waals surface area contributed by atoms with E-state index in [0.29, 0.717) is 27.8 Å². The summed E-state index contributed by atoms with van der Waals surface area (Å²) in [5.41, 5.74) is 2.75. The van der Waals surface area contributed by atoms with Gasteiger partial charge >= 0.3 is 5.97 Å². The number of nitrogens with zero attached hydrogens (tertiary/aromatic N) is 2. The molecule has 0 amide bonds. The molecular weight excluding hydrogens is 264 g/mol. The second kappa shape index (κ2) is 5.36. The summed E-state index contributed by atoms with van der Waals surface area (Å²) in [6, 6.07) is 7.31. The van der Waals surface area contributed by atoms with Crippen molar-refractivity contribution in [3.63, 3.8) is 0 Å². The van der Waals surface area contributed by atoms with Crippen molar-refractivity contribution in [2.24, 2.45) is 0 Å². The van der Waals surface area contributed by atoms with Crippen LogP contribution in [0.5, 0.6) is 0 Å². The molecule has 0 fully saturated rings. The summed E-state index contributed by atoms with van der Waals surface area (Å²) >= 11 is 6.11. The van der Waals surface area contributed by atoms with E-state index in [1.807, 2.05) is 18.2 Å². The number of aromatic nitrogens is 2. The molecule has 0 spiro atoms.